The Balaban J connectivity index is 1.62. The molecule has 4 aliphatic carbocycles. The second-order valence-corrected chi connectivity index (χ2v) is 9.94. The SMILES string of the molecule is CSc1nc(N)nc2sc(C(=O)C34CC5CC(CC(C5)C3)C4)c(N)c12. The average Bonchev–Trinajstić information content (AvgIpc) is 2.88. The number of fused-ring (bicyclic) bond motifs is 1. The van der Waals surface area contributed by atoms with Gasteiger partial charge >= 0.3 is 0 Å². The minimum Gasteiger partial charge on any atom is -0.397 e. The van der Waals surface area contributed by atoms with Crippen molar-refractivity contribution in [3.8, 4) is 0 Å². The van der Waals surface area contributed by atoms with Crippen molar-refractivity contribution >= 4 is 50.7 Å². The molecule has 0 aliphatic heterocycles. The van der Waals surface area contributed by atoms with Crippen molar-refractivity contribution < 1.29 is 4.79 Å². The maximum Gasteiger partial charge on any atom is 0.222 e. The fraction of sp³-hybridized carbons (Fsp3) is 0.611. The summed E-state index contributed by atoms with van der Waals surface area (Å²) in [5.41, 5.74) is 12.6. The number of thioether (sulfide) groups is 1. The van der Waals surface area contributed by atoms with Crippen LogP contribution in [0, 0.1) is 23.2 Å². The number of hydrogen-bond donors (Lipinski definition) is 2. The van der Waals surface area contributed by atoms with Gasteiger partial charge in [0.05, 0.1) is 16.0 Å². The van der Waals surface area contributed by atoms with E-state index in [1.165, 1.54) is 42.4 Å². The number of nitrogens with zero attached hydrogens (tertiary/aromatic N) is 2. The van der Waals surface area contributed by atoms with Crippen LogP contribution in [0.15, 0.2) is 5.03 Å². The lowest BCUT2D eigenvalue weighted by Crippen LogP contribution is -2.49. The summed E-state index contributed by atoms with van der Waals surface area (Å²) in [5, 5.41) is 1.57. The third-order valence-electron chi connectivity index (χ3n) is 6.49. The summed E-state index contributed by atoms with van der Waals surface area (Å²) in [6, 6.07) is 0. The predicted molar refractivity (Wildman–Crippen MR) is 103 cm³/mol. The molecule has 4 fully saturated rings. The summed E-state index contributed by atoms with van der Waals surface area (Å²) >= 11 is 2.90. The van der Waals surface area contributed by atoms with Crippen LogP contribution in [0.1, 0.15) is 48.2 Å². The summed E-state index contributed by atoms with van der Waals surface area (Å²) in [6.45, 7) is 0. The molecule has 2 heterocycles. The van der Waals surface area contributed by atoms with Gasteiger partial charge < -0.3 is 11.5 Å². The number of hydrogen-bond acceptors (Lipinski definition) is 7. The Morgan fingerprint density at radius 3 is 2.28 bits per heavy atom. The molecule has 0 saturated heterocycles. The third kappa shape index (κ3) is 2.24. The van der Waals surface area contributed by atoms with Crippen LogP contribution in [-0.2, 0) is 0 Å². The normalized spacial score (nSPS) is 33.2. The molecule has 4 N–H and O–H groups in total. The summed E-state index contributed by atoms with van der Waals surface area (Å²) in [5.74, 6) is 2.72. The zero-order chi connectivity index (χ0) is 17.3. The molecule has 2 aromatic rings. The number of nitrogen functional groups attached to an aromatic ring is 2. The van der Waals surface area contributed by atoms with Crippen LogP contribution >= 0.6 is 23.1 Å². The van der Waals surface area contributed by atoms with E-state index in [0.29, 0.717) is 10.6 Å². The molecule has 0 spiro atoms. The third-order valence-corrected chi connectivity index (χ3v) is 8.27. The van der Waals surface area contributed by atoms with Crippen molar-refractivity contribution in [2.75, 3.05) is 17.7 Å². The molecule has 0 aromatic carbocycles. The predicted octanol–water partition coefficient (Wildman–Crippen LogP) is 3.98. The number of rotatable bonds is 3. The van der Waals surface area contributed by atoms with E-state index >= 15 is 0 Å². The average molecular weight is 375 g/mol. The highest BCUT2D eigenvalue weighted by Gasteiger charge is 2.55. The maximum atomic E-state index is 13.6. The van der Waals surface area contributed by atoms with Gasteiger partial charge in [-0.1, -0.05) is 0 Å². The van der Waals surface area contributed by atoms with E-state index in [2.05, 4.69) is 9.97 Å². The molecule has 0 amide bonds. The number of thiophene rings is 1. The number of anilines is 2. The smallest absolute Gasteiger partial charge is 0.222 e. The Labute approximate surface area is 155 Å². The van der Waals surface area contributed by atoms with E-state index in [0.717, 1.165) is 52.3 Å². The van der Waals surface area contributed by atoms with E-state index in [1.54, 1.807) is 0 Å². The first kappa shape index (κ1) is 15.9. The van der Waals surface area contributed by atoms with Gasteiger partial charge in [-0.15, -0.1) is 23.1 Å². The second kappa shape index (κ2) is 5.33. The number of carbonyl (C=O) groups excluding carboxylic acids is 1. The zero-order valence-electron chi connectivity index (χ0n) is 14.2. The second-order valence-electron chi connectivity index (χ2n) is 8.14. The first-order valence-corrected chi connectivity index (χ1v) is 11.0. The lowest BCUT2D eigenvalue weighted by Gasteiger charge is -2.55. The molecule has 0 atom stereocenters. The maximum absolute atomic E-state index is 13.6. The minimum absolute atomic E-state index is 0.178. The van der Waals surface area contributed by atoms with Gasteiger partial charge in [-0.25, -0.2) is 9.97 Å². The Morgan fingerprint density at radius 1 is 1.12 bits per heavy atom. The van der Waals surface area contributed by atoms with Crippen molar-refractivity contribution in [2.24, 2.45) is 23.2 Å². The molecule has 0 unspecified atom stereocenters. The summed E-state index contributed by atoms with van der Waals surface area (Å²) in [7, 11) is 0. The van der Waals surface area contributed by atoms with Crippen LogP contribution < -0.4 is 11.5 Å². The lowest BCUT2D eigenvalue weighted by molar-refractivity contribution is -0.0350. The van der Waals surface area contributed by atoms with Crippen molar-refractivity contribution in [3.63, 3.8) is 0 Å². The van der Waals surface area contributed by atoms with E-state index < -0.39 is 0 Å². The molecule has 4 aliphatic rings. The van der Waals surface area contributed by atoms with Crippen LogP contribution in [0.25, 0.3) is 10.2 Å². The minimum atomic E-state index is -0.178. The number of Topliss-reactive ketones (excluding diaryl/α,β-unsaturated/α-hetero) is 1. The van der Waals surface area contributed by atoms with Gasteiger partial charge in [0.2, 0.25) is 5.95 Å². The van der Waals surface area contributed by atoms with Gasteiger partial charge in [-0.05, 0) is 62.5 Å². The first-order chi connectivity index (χ1) is 12.0. The van der Waals surface area contributed by atoms with Crippen molar-refractivity contribution in [1.29, 1.82) is 0 Å². The van der Waals surface area contributed by atoms with Crippen molar-refractivity contribution in [2.45, 2.75) is 43.6 Å². The first-order valence-electron chi connectivity index (χ1n) is 8.93. The highest BCUT2D eigenvalue weighted by molar-refractivity contribution is 7.98. The molecular formula is C18H22N4OS2. The van der Waals surface area contributed by atoms with Gasteiger partial charge in [0.1, 0.15) is 9.86 Å². The van der Waals surface area contributed by atoms with Gasteiger partial charge in [-0.2, -0.15) is 0 Å². The van der Waals surface area contributed by atoms with Crippen LogP contribution in [-0.4, -0.2) is 22.0 Å². The number of ketones is 1. The van der Waals surface area contributed by atoms with Crippen LogP contribution in [0.4, 0.5) is 11.6 Å². The summed E-state index contributed by atoms with van der Waals surface area (Å²) in [6.07, 6.45) is 9.07. The Morgan fingerprint density at radius 2 is 1.72 bits per heavy atom. The molecule has 5 nitrogen and oxygen atoms in total. The van der Waals surface area contributed by atoms with Crippen LogP contribution in [0.3, 0.4) is 0 Å². The standard InChI is InChI=1S/C18H22N4OS2/c1-24-15-11-12(19)13(25-16(11)22-17(20)21-15)14(23)18-5-8-2-9(6-18)4-10(3-8)7-18/h8-10H,2-7,19H2,1H3,(H2,20,21,22). The van der Waals surface area contributed by atoms with Gasteiger partial charge in [0, 0.05) is 5.41 Å². The van der Waals surface area contributed by atoms with E-state index in [1.807, 2.05) is 6.26 Å². The molecule has 132 valence electrons. The summed E-state index contributed by atoms with van der Waals surface area (Å²) < 4.78 is 0. The molecule has 0 radical (unpaired) electrons. The molecule has 6 rings (SSSR count). The molecule has 2 aromatic heterocycles. The van der Waals surface area contributed by atoms with Gasteiger partial charge in [0.15, 0.2) is 5.78 Å². The quantitative estimate of drug-likeness (QED) is 0.479. The van der Waals surface area contributed by atoms with E-state index in [9.17, 15) is 4.79 Å². The van der Waals surface area contributed by atoms with E-state index in [-0.39, 0.29) is 17.1 Å². The molecule has 4 bridgehead atoms. The fourth-order valence-corrected chi connectivity index (χ4v) is 7.77. The van der Waals surface area contributed by atoms with Crippen molar-refractivity contribution in [3.05, 3.63) is 4.88 Å². The number of aromatic nitrogens is 2. The molecule has 25 heavy (non-hydrogen) atoms. The zero-order valence-corrected chi connectivity index (χ0v) is 15.9. The highest BCUT2D eigenvalue weighted by Crippen LogP contribution is 2.61. The van der Waals surface area contributed by atoms with Crippen LogP contribution in [0.2, 0.25) is 0 Å². The number of nitrogens with two attached hydrogens (primary N) is 2. The molecular weight excluding hydrogens is 352 g/mol. The number of carbonyl (C=O) groups is 1. The largest absolute Gasteiger partial charge is 0.397 e. The Hall–Kier alpha value is -1.34. The molecule has 4 saturated carbocycles. The van der Waals surface area contributed by atoms with Gasteiger partial charge in [-0.3, -0.25) is 4.79 Å². The van der Waals surface area contributed by atoms with Crippen LogP contribution in [0.5, 0.6) is 0 Å². The summed E-state index contributed by atoms with van der Waals surface area (Å²) in [4.78, 5) is 23.7. The highest BCUT2D eigenvalue weighted by atomic mass is 32.2. The van der Waals surface area contributed by atoms with Gasteiger partial charge in [0.25, 0.3) is 0 Å². The van der Waals surface area contributed by atoms with E-state index in [4.69, 9.17) is 11.5 Å². The Bertz CT molecular complexity index is 856. The van der Waals surface area contributed by atoms with Crippen molar-refractivity contribution in [1.82, 2.24) is 9.97 Å². The topological polar surface area (TPSA) is 94.9 Å². The lowest BCUT2D eigenvalue weighted by atomic mass is 9.48. The Kier molecular flexibility index (Phi) is 3.39. The fourth-order valence-electron chi connectivity index (χ4n) is 5.95. The molecule has 7 heteroatoms. The monoisotopic (exact) mass is 374 g/mol.